The standard InChI is InChI=1S/C19H31NO/c1-2-3-4-5-6-7-8-9-10-11-12-13-14-15-16-17-19(21)18-20/h6-7,9-10H,2-5,8,11-17H2,1H3/b7-6-,10-9-. The van der Waals surface area contributed by atoms with Crippen molar-refractivity contribution in [2.45, 2.75) is 84.0 Å². The van der Waals surface area contributed by atoms with E-state index in [0.717, 1.165) is 25.7 Å². The first-order chi connectivity index (χ1) is 10.3. The summed E-state index contributed by atoms with van der Waals surface area (Å²) in [6.07, 6.45) is 22.4. The lowest BCUT2D eigenvalue weighted by molar-refractivity contribution is -0.114. The average molecular weight is 289 g/mol. The summed E-state index contributed by atoms with van der Waals surface area (Å²) in [5.74, 6) is -0.277. The van der Waals surface area contributed by atoms with Crippen LogP contribution in [0.5, 0.6) is 0 Å². The molecule has 21 heavy (non-hydrogen) atoms. The second kappa shape index (κ2) is 16.7. The fraction of sp³-hybridized carbons (Fsp3) is 0.684. The van der Waals surface area contributed by atoms with Crippen LogP contribution in [-0.2, 0) is 4.79 Å². The summed E-state index contributed by atoms with van der Waals surface area (Å²) in [6, 6.07) is 1.66. The van der Waals surface area contributed by atoms with Crippen LogP contribution in [-0.4, -0.2) is 5.78 Å². The maximum atomic E-state index is 10.8. The van der Waals surface area contributed by atoms with Crippen molar-refractivity contribution in [2.24, 2.45) is 0 Å². The fourth-order valence-corrected chi connectivity index (χ4v) is 2.15. The Morgan fingerprint density at radius 2 is 1.43 bits per heavy atom. The van der Waals surface area contributed by atoms with Gasteiger partial charge in [-0.1, -0.05) is 63.3 Å². The Bertz CT molecular complexity index is 336. The van der Waals surface area contributed by atoms with Crippen LogP contribution in [0.1, 0.15) is 84.0 Å². The van der Waals surface area contributed by atoms with Crippen LogP contribution in [0.25, 0.3) is 0 Å². The van der Waals surface area contributed by atoms with Crippen LogP contribution >= 0.6 is 0 Å². The van der Waals surface area contributed by atoms with E-state index in [9.17, 15) is 4.79 Å². The molecular weight excluding hydrogens is 258 g/mol. The molecule has 0 atom stereocenters. The number of ketones is 1. The van der Waals surface area contributed by atoms with Gasteiger partial charge >= 0.3 is 0 Å². The van der Waals surface area contributed by atoms with E-state index in [1.165, 1.54) is 44.9 Å². The minimum Gasteiger partial charge on any atom is -0.283 e. The highest BCUT2D eigenvalue weighted by molar-refractivity contribution is 5.93. The third-order valence-electron chi connectivity index (χ3n) is 3.48. The van der Waals surface area contributed by atoms with Crippen molar-refractivity contribution in [3.63, 3.8) is 0 Å². The summed E-state index contributed by atoms with van der Waals surface area (Å²) in [5.41, 5.74) is 0. The van der Waals surface area contributed by atoms with Crippen LogP contribution in [0.3, 0.4) is 0 Å². The van der Waals surface area contributed by atoms with Gasteiger partial charge in [0.25, 0.3) is 0 Å². The summed E-state index contributed by atoms with van der Waals surface area (Å²) in [6.45, 7) is 2.23. The minimum atomic E-state index is -0.277. The zero-order valence-electron chi connectivity index (χ0n) is 13.7. The van der Waals surface area contributed by atoms with Gasteiger partial charge in [-0.25, -0.2) is 0 Å². The van der Waals surface area contributed by atoms with Crippen LogP contribution in [0.2, 0.25) is 0 Å². The number of unbranched alkanes of at least 4 members (excludes halogenated alkanes) is 8. The zero-order valence-corrected chi connectivity index (χ0v) is 13.7. The van der Waals surface area contributed by atoms with E-state index in [2.05, 4.69) is 31.2 Å². The SMILES string of the molecule is CCCCC/C=C\C/C=C\CCCCCCCC(=O)C#N. The summed E-state index contributed by atoms with van der Waals surface area (Å²) in [5, 5.41) is 8.34. The number of carbonyl (C=O) groups excluding carboxylic acids is 1. The molecule has 0 amide bonds. The third-order valence-corrected chi connectivity index (χ3v) is 3.48. The molecule has 0 unspecified atom stereocenters. The van der Waals surface area contributed by atoms with Gasteiger partial charge in [0.2, 0.25) is 5.78 Å². The number of nitrogens with zero attached hydrogens (tertiary/aromatic N) is 1. The molecule has 0 aliphatic carbocycles. The lowest BCUT2D eigenvalue weighted by Gasteiger charge is -1.97. The molecule has 0 heterocycles. The van der Waals surface area contributed by atoms with Crippen molar-refractivity contribution in [1.82, 2.24) is 0 Å². The lowest BCUT2D eigenvalue weighted by atomic mass is 10.1. The predicted molar refractivity (Wildman–Crippen MR) is 90.0 cm³/mol. The van der Waals surface area contributed by atoms with Gasteiger partial charge in [-0.15, -0.1) is 0 Å². The van der Waals surface area contributed by atoms with Gasteiger partial charge in [0, 0.05) is 6.42 Å². The Morgan fingerprint density at radius 3 is 2.05 bits per heavy atom. The highest BCUT2D eigenvalue weighted by Gasteiger charge is 1.97. The van der Waals surface area contributed by atoms with Gasteiger partial charge in [0.15, 0.2) is 0 Å². The zero-order chi connectivity index (χ0) is 15.6. The molecular formula is C19H31NO. The minimum absolute atomic E-state index is 0.277. The number of hydrogen-bond acceptors (Lipinski definition) is 2. The van der Waals surface area contributed by atoms with E-state index in [4.69, 9.17) is 5.26 Å². The van der Waals surface area contributed by atoms with Crippen molar-refractivity contribution < 1.29 is 4.79 Å². The third kappa shape index (κ3) is 16.6. The fourth-order valence-electron chi connectivity index (χ4n) is 2.15. The molecule has 0 aromatic rings. The van der Waals surface area contributed by atoms with Gasteiger partial charge in [-0.3, -0.25) is 4.79 Å². The largest absolute Gasteiger partial charge is 0.283 e. The van der Waals surface area contributed by atoms with Crippen LogP contribution in [0, 0.1) is 11.3 Å². The molecule has 0 rings (SSSR count). The van der Waals surface area contributed by atoms with Crippen LogP contribution in [0.4, 0.5) is 0 Å². The number of nitriles is 1. The molecule has 0 aliphatic heterocycles. The maximum Gasteiger partial charge on any atom is 0.231 e. The van der Waals surface area contributed by atoms with E-state index in [-0.39, 0.29) is 5.78 Å². The molecule has 0 saturated heterocycles. The van der Waals surface area contributed by atoms with Crippen molar-refractivity contribution in [1.29, 1.82) is 5.26 Å². The molecule has 0 aromatic heterocycles. The summed E-state index contributed by atoms with van der Waals surface area (Å²) >= 11 is 0. The van der Waals surface area contributed by atoms with E-state index >= 15 is 0 Å². The summed E-state index contributed by atoms with van der Waals surface area (Å²) in [4.78, 5) is 10.8. The van der Waals surface area contributed by atoms with Crippen molar-refractivity contribution in [3.8, 4) is 6.07 Å². The molecule has 2 heteroatoms. The Morgan fingerprint density at radius 1 is 0.857 bits per heavy atom. The molecule has 0 aromatic carbocycles. The average Bonchev–Trinajstić information content (AvgIpc) is 2.50. The second-order valence-electron chi connectivity index (χ2n) is 5.52. The molecule has 0 fully saturated rings. The van der Waals surface area contributed by atoms with E-state index in [0.29, 0.717) is 6.42 Å². The molecule has 0 bridgehead atoms. The maximum absolute atomic E-state index is 10.8. The monoisotopic (exact) mass is 289 g/mol. The molecule has 0 N–H and O–H groups in total. The number of rotatable bonds is 14. The van der Waals surface area contributed by atoms with Crippen molar-refractivity contribution in [2.75, 3.05) is 0 Å². The first-order valence-corrected chi connectivity index (χ1v) is 8.54. The topological polar surface area (TPSA) is 40.9 Å². The van der Waals surface area contributed by atoms with E-state index in [1.807, 2.05) is 0 Å². The van der Waals surface area contributed by atoms with Crippen LogP contribution < -0.4 is 0 Å². The Kier molecular flexibility index (Phi) is 15.6. The van der Waals surface area contributed by atoms with Crippen LogP contribution in [0.15, 0.2) is 24.3 Å². The molecule has 2 nitrogen and oxygen atoms in total. The number of allylic oxidation sites excluding steroid dienone is 4. The molecule has 118 valence electrons. The smallest absolute Gasteiger partial charge is 0.231 e. The first-order valence-electron chi connectivity index (χ1n) is 8.54. The van der Waals surface area contributed by atoms with E-state index < -0.39 is 0 Å². The molecule has 0 radical (unpaired) electrons. The molecule has 0 spiro atoms. The summed E-state index contributed by atoms with van der Waals surface area (Å²) < 4.78 is 0. The van der Waals surface area contributed by atoms with Gasteiger partial charge < -0.3 is 0 Å². The first kappa shape index (κ1) is 19.6. The highest BCUT2D eigenvalue weighted by atomic mass is 16.1. The van der Waals surface area contributed by atoms with Gasteiger partial charge in [-0.2, -0.15) is 5.26 Å². The lowest BCUT2D eigenvalue weighted by Crippen LogP contribution is -1.91. The molecule has 0 aliphatic rings. The van der Waals surface area contributed by atoms with Gasteiger partial charge in [0.05, 0.1) is 0 Å². The Balaban J connectivity index is 3.22. The van der Waals surface area contributed by atoms with Crippen molar-refractivity contribution >= 4 is 5.78 Å². The Hall–Kier alpha value is -1.36. The van der Waals surface area contributed by atoms with E-state index in [1.54, 1.807) is 6.07 Å². The van der Waals surface area contributed by atoms with Gasteiger partial charge in [-0.05, 0) is 38.5 Å². The second-order valence-corrected chi connectivity index (χ2v) is 5.52. The van der Waals surface area contributed by atoms with Gasteiger partial charge in [0.1, 0.15) is 6.07 Å². The number of carbonyl (C=O) groups is 1. The summed E-state index contributed by atoms with van der Waals surface area (Å²) in [7, 11) is 0. The quantitative estimate of drug-likeness (QED) is 0.227. The molecule has 0 saturated carbocycles. The number of Topliss-reactive ketones (excluding diaryl/α,β-unsaturated/α-hetero) is 1. The predicted octanol–water partition coefficient (Wildman–Crippen LogP) is 5.89. The van der Waals surface area contributed by atoms with Crippen molar-refractivity contribution in [3.05, 3.63) is 24.3 Å². The highest BCUT2D eigenvalue weighted by Crippen LogP contribution is 2.08. The Labute approximate surface area is 130 Å². The normalized spacial score (nSPS) is 11.2. The number of hydrogen-bond donors (Lipinski definition) is 0.